The number of nitrogens with zero attached hydrogens (tertiary/aromatic N) is 3. The molecule has 32 heavy (non-hydrogen) atoms. The zero-order chi connectivity index (χ0) is 22.5. The highest BCUT2D eigenvalue weighted by molar-refractivity contribution is 7.99. The molecular weight excluding hydrogens is 441 g/mol. The summed E-state index contributed by atoms with van der Waals surface area (Å²) < 4.78 is 14.2. The lowest BCUT2D eigenvalue weighted by Crippen LogP contribution is -2.30. The number of rotatable bonds is 8. The van der Waals surface area contributed by atoms with E-state index >= 15 is 0 Å². The molecule has 4 aromatic rings. The van der Waals surface area contributed by atoms with E-state index in [1.165, 1.54) is 17.7 Å². The van der Waals surface area contributed by atoms with Crippen LogP contribution in [0.2, 0.25) is 0 Å². The number of halogens is 1. The smallest absolute Gasteiger partial charge is 0.229 e. The van der Waals surface area contributed by atoms with Gasteiger partial charge in [0, 0.05) is 23.7 Å². The van der Waals surface area contributed by atoms with Gasteiger partial charge >= 0.3 is 0 Å². The molecule has 0 saturated carbocycles. The first-order valence-electron chi connectivity index (χ1n) is 10.5. The first kappa shape index (κ1) is 22.4. The van der Waals surface area contributed by atoms with Gasteiger partial charge in [-0.3, -0.25) is 14.7 Å². The third kappa shape index (κ3) is 5.34. The normalized spacial score (nSPS) is 11.1. The van der Waals surface area contributed by atoms with Gasteiger partial charge in [-0.1, -0.05) is 29.5 Å². The van der Waals surface area contributed by atoms with Crippen LogP contribution in [0.3, 0.4) is 0 Å². The standard InChI is InChI=1S/C25H24FN3OS2/c1-17-7-8-18(2)24-23(17)28-25(32-24)29(16-19-5-3-13-27-15-19)22(30)6-4-14-31-21-11-9-20(26)10-12-21/h3,5,7-13,15H,4,6,14,16H2,1-2H3. The van der Waals surface area contributed by atoms with Gasteiger partial charge in [-0.25, -0.2) is 9.37 Å². The Morgan fingerprint density at radius 3 is 2.59 bits per heavy atom. The summed E-state index contributed by atoms with van der Waals surface area (Å²) in [6.45, 7) is 4.56. The summed E-state index contributed by atoms with van der Waals surface area (Å²) in [5.41, 5.74) is 4.20. The van der Waals surface area contributed by atoms with Gasteiger partial charge in [0.1, 0.15) is 5.82 Å². The molecule has 2 aromatic carbocycles. The Morgan fingerprint density at radius 2 is 1.88 bits per heavy atom. The molecule has 0 aliphatic heterocycles. The number of thiazole rings is 1. The van der Waals surface area contributed by atoms with Crippen molar-refractivity contribution in [1.82, 2.24) is 9.97 Å². The Hall–Kier alpha value is -2.77. The molecule has 2 heterocycles. The number of carbonyl (C=O) groups excluding carboxylic acids is 1. The van der Waals surface area contributed by atoms with E-state index in [1.54, 1.807) is 52.5 Å². The number of carbonyl (C=O) groups is 1. The summed E-state index contributed by atoms with van der Waals surface area (Å²) in [6.07, 6.45) is 4.66. The van der Waals surface area contributed by atoms with Gasteiger partial charge in [0.2, 0.25) is 5.91 Å². The molecule has 2 aromatic heterocycles. The fourth-order valence-corrected chi connectivity index (χ4v) is 5.36. The van der Waals surface area contributed by atoms with Gasteiger partial charge in [0.25, 0.3) is 0 Å². The lowest BCUT2D eigenvalue weighted by Gasteiger charge is -2.20. The van der Waals surface area contributed by atoms with E-state index in [0.717, 1.165) is 43.5 Å². The SMILES string of the molecule is Cc1ccc(C)c2sc(N(Cc3cccnc3)C(=O)CCCSc3ccc(F)cc3)nc12. The average Bonchev–Trinajstić information content (AvgIpc) is 3.26. The van der Waals surface area contributed by atoms with E-state index < -0.39 is 0 Å². The summed E-state index contributed by atoms with van der Waals surface area (Å²) in [6, 6.07) is 14.5. The van der Waals surface area contributed by atoms with Gasteiger partial charge in [-0.05, 0) is 73.0 Å². The summed E-state index contributed by atoms with van der Waals surface area (Å²) in [5.74, 6) is 0.593. The molecule has 7 heteroatoms. The van der Waals surface area contributed by atoms with E-state index in [-0.39, 0.29) is 11.7 Å². The Morgan fingerprint density at radius 1 is 1.09 bits per heavy atom. The largest absolute Gasteiger partial charge is 0.284 e. The molecule has 164 valence electrons. The van der Waals surface area contributed by atoms with Crippen LogP contribution in [0.25, 0.3) is 10.2 Å². The van der Waals surface area contributed by atoms with Gasteiger partial charge in [0.05, 0.1) is 16.8 Å². The van der Waals surface area contributed by atoms with Crippen molar-refractivity contribution in [2.24, 2.45) is 0 Å². The van der Waals surface area contributed by atoms with Gasteiger partial charge < -0.3 is 0 Å². The van der Waals surface area contributed by atoms with Crippen LogP contribution < -0.4 is 4.90 Å². The third-order valence-electron chi connectivity index (χ3n) is 5.14. The first-order chi connectivity index (χ1) is 15.5. The van der Waals surface area contributed by atoms with E-state index in [1.807, 2.05) is 19.1 Å². The number of anilines is 1. The second-order valence-corrected chi connectivity index (χ2v) is 9.77. The van der Waals surface area contributed by atoms with Crippen molar-refractivity contribution in [1.29, 1.82) is 0 Å². The van der Waals surface area contributed by atoms with Crippen molar-refractivity contribution in [3.8, 4) is 0 Å². The van der Waals surface area contributed by atoms with E-state index in [0.29, 0.717) is 13.0 Å². The van der Waals surface area contributed by atoms with Crippen molar-refractivity contribution in [3.63, 3.8) is 0 Å². The number of aryl methyl sites for hydroxylation is 2. The molecule has 0 atom stereocenters. The number of aromatic nitrogens is 2. The fraction of sp³-hybridized carbons (Fsp3) is 0.240. The van der Waals surface area contributed by atoms with Gasteiger partial charge in [-0.15, -0.1) is 11.8 Å². The highest BCUT2D eigenvalue weighted by atomic mass is 32.2. The molecule has 0 spiro atoms. The van der Waals surface area contributed by atoms with Crippen LogP contribution in [0.4, 0.5) is 9.52 Å². The maximum atomic E-state index is 13.3. The minimum atomic E-state index is -0.239. The van der Waals surface area contributed by atoms with Crippen molar-refractivity contribution < 1.29 is 9.18 Å². The topological polar surface area (TPSA) is 46.1 Å². The highest BCUT2D eigenvalue weighted by Crippen LogP contribution is 2.34. The maximum Gasteiger partial charge on any atom is 0.229 e. The van der Waals surface area contributed by atoms with Crippen LogP contribution in [-0.2, 0) is 11.3 Å². The molecule has 0 saturated heterocycles. The zero-order valence-electron chi connectivity index (χ0n) is 18.0. The zero-order valence-corrected chi connectivity index (χ0v) is 19.7. The number of fused-ring (bicyclic) bond motifs is 1. The minimum absolute atomic E-state index is 0.0444. The van der Waals surface area contributed by atoms with Crippen molar-refractivity contribution >= 4 is 44.4 Å². The Balaban J connectivity index is 1.50. The first-order valence-corrected chi connectivity index (χ1v) is 12.3. The Labute approximate surface area is 195 Å². The Kier molecular flexibility index (Phi) is 7.17. The molecule has 0 radical (unpaired) electrons. The lowest BCUT2D eigenvalue weighted by atomic mass is 10.1. The lowest BCUT2D eigenvalue weighted by molar-refractivity contribution is -0.118. The maximum absolute atomic E-state index is 13.3. The predicted molar refractivity (Wildman–Crippen MR) is 131 cm³/mol. The van der Waals surface area contributed by atoms with Crippen LogP contribution in [-0.4, -0.2) is 21.6 Å². The van der Waals surface area contributed by atoms with Crippen molar-refractivity contribution in [2.45, 2.75) is 38.1 Å². The number of amides is 1. The quantitative estimate of drug-likeness (QED) is 0.219. The van der Waals surface area contributed by atoms with Crippen molar-refractivity contribution in [2.75, 3.05) is 10.7 Å². The number of benzene rings is 2. The summed E-state index contributed by atoms with van der Waals surface area (Å²) >= 11 is 3.19. The van der Waals surface area contributed by atoms with Crippen LogP contribution in [0.5, 0.6) is 0 Å². The second kappa shape index (κ2) is 10.2. The van der Waals surface area contributed by atoms with E-state index in [9.17, 15) is 9.18 Å². The molecule has 0 N–H and O–H groups in total. The summed E-state index contributed by atoms with van der Waals surface area (Å²) in [4.78, 5) is 25.1. The molecule has 0 unspecified atom stereocenters. The number of hydrogen-bond donors (Lipinski definition) is 0. The fourth-order valence-electron chi connectivity index (χ4n) is 3.38. The van der Waals surface area contributed by atoms with Gasteiger partial charge in [-0.2, -0.15) is 0 Å². The molecule has 1 amide bonds. The molecule has 0 aliphatic carbocycles. The molecule has 0 aliphatic rings. The minimum Gasteiger partial charge on any atom is -0.284 e. The molecule has 4 rings (SSSR count). The monoisotopic (exact) mass is 465 g/mol. The van der Waals surface area contributed by atoms with Crippen LogP contribution >= 0.6 is 23.1 Å². The summed E-state index contributed by atoms with van der Waals surface area (Å²) in [5, 5.41) is 0.720. The number of hydrogen-bond acceptors (Lipinski definition) is 5. The van der Waals surface area contributed by atoms with E-state index in [4.69, 9.17) is 4.98 Å². The molecule has 0 fully saturated rings. The van der Waals surface area contributed by atoms with Crippen LogP contribution in [0.15, 0.2) is 65.8 Å². The molecular formula is C25H24FN3OS2. The number of thioether (sulfide) groups is 1. The Bertz CT molecular complexity index is 1170. The van der Waals surface area contributed by atoms with Gasteiger partial charge in [0.15, 0.2) is 5.13 Å². The molecule has 0 bridgehead atoms. The third-order valence-corrected chi connectivity index (χ3v) is 7.46. The van der Waals surface area contributed by atoms with Crippen LogP contribution in [0.1, 0.15) is 29.5 Å². The number of pyridine rings is 1. The van der Waals surface area contributed by atoms with Crippen molar-refractivity contribution in [3.05, 3.63) is 83.4 Å². The second-order valence-electron chi connectivity index (χ2n) is 7.62. The molecule has 4 nitrogen and oxygen atoms in total. The van der Waals surface area contributed by atoms with Crippen LogP contribution in [0, 0.1) is 19.7 Å². The highest BCUT2D eigenvalue weighted by Gasteiger charge is 2.21. The van der Waals surface area contributed by atoms with E-state index in [2.05, 4.69) is 24.0 Å². The summed E-state index contributed by atoms with van der Waals surface area (Å²) in [7, 11) is 0. The predicted octanol–water partition coefficient (Wildman–Crippen LogP) is 6.55. The average molecular weight is 466 g/mol.